The summed E-state index contributed by atoms with van der Waals surface area (Å²) in [6.07, 6.45) is 3.39. The van der Waals surface area contributed by atoms with Crippen molar-refractivity contribution in [2.45, 2.75) is 13.3 Å². The van der Waals surface area contributed by atoms with Gasteiger partial charge in [0, 0.05) is 6.20 Å². The summed E-state index contributed by atoms with van der Waals surface area (Å²) in [4.78, 5) is 15.0. The number of hydrogen-bond acceptors (Lipinski definition) is 4. The van der Waals surface area contributed by atoms with Crippen molar-refractivity contribution < 1.29 is 4.79 Å². The molecule has 6 heteroatoms. The Labute approximate surface area is 84.7 Å². The van der Waals surface area contributed by atoms with Crippen LogP contribution < -0.4 is 0 Å². The van der Waals surface area contributed by atoms with Crippen LogP contribution in [-0.4, -0.2) is 25.4 Å². The highest BCUT2D eigenvalue weighted by Gasteiger charge is 2.11. The van der Waals surface area contributed by atoms with E-state index in [1.54, 1.807) is 10.6 Å². The third-order valence-electron chi connectivity index (χ3n) is 1.75. The normalized spacial score (nSPS) is 10.7. The highest BCUT2D eigenvalue weighted by Crippen LogP contribution is 2.16. The molecule has 0 aliphatic carbocycles. The number of hydrogen-bond donors (Lipinski definition) is 0. The summed E-state index contributed by atoms with van der Waals surface area (Å²) in [5.74, 6) is 0.428. The second-order valence-electron chi connectivity index (χ2n) is 2.91. The van der Waals surface area contributed by atoms with Crippen LogP contribution in [0.25, 0.3) is 5.78 Å². The maximum absolute atomic E-state index is 10.9. The van der Waals surface area contributed by atoms with Gasteiger partial charge in [-0.25, -0.2) is 4.98 Å². The number of imidazole rings is 1. The molecular formula is C8H7ClN4O. The zero-order chi connectivity index (χ0) is 10.1. The SMILES string of the molecule is CC(=O)Cc1nc2nnccn2c1Cl. The first-order valence-electron chi connectivity index (χ1n) is 4.02. The monoisotopic (exact) mass is 210 g/mol. The van der Waals surface area contributed by atoms with E-state index in [-0.39, 0.29) is 12.2 Å². The quantitative estimate of drug-likeness (QED) is 0.739. The van der Waals surface area contributed by atoms with Gasteiger partial charge in [0.15, 0.2) is 0 Å². The van der Waals surface area contributed by atoms with Crippen molar-refractivity contribution in [3.8, 4) is 0 Å². The maximum atomic E-state index is 10.9. The Morgan fingerprint density at radius 1 is 1.64 bits per heavy atom. The molecule has 0 amide bonds. The number of nitrogens with zero attached hydrogens (tertiary/aromatic N) is 4. The standard InChI is InChI=1S/C8H7ClN4O/c1-5(14)4-6-7(9)13-3-2-10-12-8(13)11-6/h2-3H,4H2,1H3. The molecule has 0 aliphatic rings. The van der Waals surface area contributed by atoms with E-state index in [9.17, 15) is 4.79 Å². The van der Waals surface area contributed by atoms with Crippen LogP contribution in [0.4, 0.5) is 0 Å². The predicted molar refractivity (Wildman–Crippen MR) is 50.2 cm³/mol. The van der Waals surface area contributed by atoms with Gasteiger partial charge in [-0.1, -0.05) is 11.6 Å². The van der Waals surface area contributed by atoms with Crippen LogP contribution in [0.1, 0.15) is 12.6 Å². The van der Waals surface area contributed by atoms with Gasteiger partial charge in [0.1, 0.15) is 10.9 Å². The van der Waals surface area contributed by atoms with Gasteiger partial charge in [0.05, 0.1) is 18.3 Å². The summed E-state index contributed by atoms with van der Waals surface area (Å²) in [6, 6.07) is 0. The number of halogens is 1. The predicted octanol–water partition coefficient (Wildman–Crippen LogP) is 0.909. The average molecular weight is 211 g/mol. The van der Waals surface area contributed by atoms with E-state index in [1.165, 1.54) is 13.1 Å². The molecule has 2 rings (SSSR count). The molecular weight excluding hydrogens is 204 g/mol. The summed E-state index contributed by atoms with van der Waals surface area (Å²) in [5.41, 5.74) is 0.541. The third kappa shape index (κ3) is 1.46. The lowest BCUT2D eigenvalue weighted by molar-refractivity contribution is -0.116. The molecule has 0 saturated carbocycles. The Hall–Kier alpha value is -1.49. The van der Waals surface area contributed by atoms with Gasteiger partial charge < -0.3 is 0 Å². The van der Waals surface area contributed by atoms with Crippen molar-refractivity contribution in [2.24, 2.45) is 0 Å². The van der Waals surface area contributed by atoms with Crippen LogP contribution in [0.2, 0.25) is 5.15 Å². The molecule has 0 N–H and O–H groups in total. The zero-order valence-electron chi connectivity index (χ0n) is 7.44. The van der Waals surface area contributed by atoms with Crippen LogP contribution in [0.3, 0.4) is 0 Å². The highest BCUT2D eigenvalue weighted by molar-refractivity contribution is 6.30. The van der Waals surface area contributed by atoms with Gasteiger partial charge >= 0.3 is 0 Å². The number of fused-ring (bicyclic) bond motifs is 1. The van der Waals surface area contributed by atoms with E-state index >= 15 is 0 Å². The molecule has 14 heavy (non-hydrogen) atoms. The molecule has 0 saturated heterocycles. The summed E-state index contributed by atoms with van der Waals surface area (Å²) < 4.78 is 1.59. The van der Waals surface area contributed by atoms with Crippen LogP contribution in [0.5, 0.6) is 0 Å². The summed E-state index contributed by atoms with van der Waals surface area (Å²) >= 11 is 5.98. The minimum Gasteiger partial charge on any atom is -0.300 e. The Kier molecular flexibility index (Phi) is 2.17. The Morgan fingerprint density at radius 2 is 2.43 bits per heavy atom. The number of carbonyl (C=O) groups excluding carboxylic acids is 1. The van der Waals surface area contributed by atoms with Crippen molar-refractivity contribution in [2.75, 3.05) is 0 Å². The minimum absolute atomic E-state index is 0.0169. The Morgan fingerprint density at radius 3 is 3.07 bits per heavy atom. The first-order chi connectivity index (χ1) is 6.68. The number of ketones is 1. The lowest BCUT2D eigenvalue weighted by Gasteiger charge is -1.92. The van der Waals surface area contributed by atoms with E-state index in [0.29, 0.717) is 16.6 Å². The van der Waals surface area contributed by atoms with Crippen LogP contribution in [-0.2, 0) is 11.2 Å². The second-order valence-corrected chi connectivity index (χ2v) is 3.27. The van der Waals surface area contributed by atoms with Crippen molar-refractivity contribution in [1.82, 2.24) is 19.6 Å². The lowest BCUT2D eigenvalue weighted by atomic mass is 10.2. The molecule has 2 heterocycles. The van der Waals surface area contributed by atoms with Crippen LogP contribution >= 0.6 is 11.6 Å². The first kappa shape index (κ1) is 9.08. The Bertz CT molecular complexity index is 493. The van der Waals surface area contributed by atoms with Gasteiger partial charge in [0.2, 0.25) is 0 Å². The number of carbonyl (C=O) groups is 1. The topological polar surface area (TPSA) is 60.2 Å². The fraction of sp³-hybridized carbons (Fsp3) is 0.250. The van der Waals surface area contributed by atoms with Gasteiger partial charge in [-0.2, -0.15) is 5.10 Å². The van der Waals surface area contributed by atoms with E-state index < -0.39 is 0 Å². The average Bonchev–Trinajstić information content (AvgIpc) is 2.44. The number of Topliss-reactive ketones (excluding diaryl/α,β-unsaturated/α-hetero) is 1. The number of rotatable bonds is 2. The number of aromatic nitrogens is 4. The lowest BCUT2D eigenvalue weighted by Crippen LogP contribution is -1.96. The van der Waals surface area contributed by atoms with E-state index in [4.69, 9.17) is 11.6 Å². The Balaban J connectivity index is 2.57. The van der Waals surface area contributed by atoms with E-state index in [1.807, 2.05) is 0 Å². The van der Waals surface area contributed by atoms with Gasteiger partial charge in [-0.15, -0.1) is 5.10 Å². The molecule has 72 valence electrons. The van der Waals surface area contributed by atoms with E-state index in [0.717, 1.165) is 0 Å². The van der Waals surface area contributed by atoms with Crippen molar-refractivity contribution in [1.29, 1.82) is 0 Å². The van der Waals surface area contributed by atoms with Gasteiger partial charge in [-0.3, -0.25) is 9.20 Å². The summed E-state index contributed by atoms with van der Waals surface area (Å²) in [6.45, 7) is 1.49. The molecule has 2 aromatic heterocycles. The largest absolute Gasteiger partial charge is 0.300 e. The molecule has 0 spiro atoms. The maximum Gasteiger partial charge on any atom is 0.255 e. The zero-order valence-corrected chi connectivity index (χ0v) is 8.19. The minimum atomic E-state index is 0.0169. The first-order valence-corrected chi connectivity index (χ1v) is 4.40. The molecule has 0 fully saturated rings. The molecule has 0 radical (unpaired) electrons. The third-order valence-corrected chi connectivity index (χ3v) is 2.15. The van der Waals surface area contributed by atoms with E-state index in [2.05, 4.69) is 15.2 Å². The smallest absolute Gasteiger partial charge is 0.255 e. The molecule has 0 unspecified atom stereocenters. The molecule has 0 aliphatic heterocycles. The fourth-order valence-corrected chi connectivity index (χ4v) is 1.42. The van der Waals surface area contributed by atoms with Crippen LogP contribution in [0, 0.1) is 0 Å². The van der Waals surface area contributed by atoms with Crippen molar-refractivity contribution in [3.63, 3.8) is 0 Å². The van der Waals surface area contributed by atoms with Gasteiger partial charge in [-0.05, 0) is 6.92 Å². The van der Waals surface area contributed by atoms with Crippen molar-refractivity contribution >= 4 is 23.2 Å². The van der Waals surface area contributed by atoms with Crippen LogP contribution in [0.15, 0.2) is 12.4 Å². The summed E-state index contributed by atoms with van der Waals surface area (Å²) in [5, 5.41) is 7.87. The molecule has 2 aromatic rings. The molecule has 0 bridgehead atoms. The van der Waals surface area contributed by atoms with Crippen molar-refractivity contribution in [3.05, 3.63) is 23.2 Å². The second kappa shape index (κ2) is 3.34. The molecule has 0 aromatic carbocycles. The molecule has 5 nitrogen and oxygen atoms in total. The molecule has 0 atom stereocenters. The fourth-order valence-electron chi connectivity index (χ4n) is 1.18. The summed E-state index contributed by atoms with van der Waals surface area (Å²) in [7, 11) is 0. The highest BCUT2D eigenvalue weighted by atomic mass is 35.5. The van der Waals surface area contributed by atoms with Gasteiger partial charge in [0.25, 0.3) is 5.78 Å².